The SMILES string of the molecule is c1ccc(C23c4ccccc4-c4cccc(c42)-c2ccc4ccc5cccc6cc3c2c4c56)cc1. The summed E-state index contributed by atoms with van der Waals surface area (Å²) in [7, 11) is 0. The number of hydrogen-bond acceptors (Lipinski definition) is 0. The van der Waals surface area contributed by atoms with Crippen molar-refractivity contribution >= 4 is 32.3 Å². The summed E-state index contributed by atoms with van der Waals surface area (Å²) in [5.74, 6) is 0. The standard InChI is InChI=1S/C35H20/c1-2-10-24(11-3-1)35-29-15-5-4-12-25(29)27-13-7-14-28(34(27)35)26-19-18-22-17-16-21-8-6-9-23-20-30(35)33(26)32(22)31(21)23/h1-20H. The van der Waals surface area contributed by atoms with Crippen molar-refractivity contribution in [3.8, 4) is 22.3 Å². The fraction of sp³-hybridized carbons (Fsp3) is 0.0286. The number of benzene rings is 7. The summed E-state index contributed by atoms with van der Waals surface area (Å²) >= 11 is 0. The van der Waals surface area contributed by atoms with Crippen LogP contribution in [0, 0.1) is 0 Å². The molecule has 0 bridgehead atoms. The molecule has 0 N–H and O–H groups in total. The van der Waals surface area contributed by atoms with E-state index >= 15 is 0 Å². The van der Waals surface area contributed by atoms with Gasteiger partial charge in [0.05, 0.1) is 5.41 Å². The van der Waals surface area contributed by atoms with E-state index in [4.69, 9.17) is 0 Å². The Hall–Kier alpha value is -4.42. The van der Waals surface area contributed by atoms with E-state index in [2.05, 4.69) is 121 Å². The molecule has 2 aliphatic carbocycles. The average Bonchev–Trinajstić information content (AvgIpc) is 3.23. The van der Waals surface area contributed by atoms with Crippen molar-refractivity contribution in [1.29, 1.82) is 0 Å². The van der Waals surface area contributed by atoms with E-state index < -0.39 is 0 Å². The van der Waals surface area contributed by atoms with Gasteiger partial charge in [0, 0.05) is 0 Å². The van der Waals surface area contributed by atoms with Crippen molar-refractivity contribution in [3.63, 3.8) is 0 Å². The molecule has 35 heavy (non-hydrogen) atoms. The van der Waals surface area contributed by atoms with Crippen LogP contribution in [0.1, 0.15) is 22.3 Å². The molecular weight excluding hydrogens is 420 g/mol. The van der Waals surface area contributed by atoms with Crippen LogP contribution in [0.5, 0.6) is 0 Å². The zero-order valence-electron chi connectivity index (χ0n) is 19.0. The van der Waals surface area contributed by atoms with E-state index in [0.29, 0.717) is 0 Å². The summed E-state index contributed by atoms with van der Waals surface area (Å²) in [6.45, 7) is 0. The topological polar surface area (TPSA) is 0 Å². The highest BCUT2D eigenvalue weighted by Crippen LogP contribution is 2.63. The third-order valence-electron chi connectivity index (χ3n) is 8.59. The van der Waals surface area contributed by atoms with Crippen molar-refractivity contribution in [2.24, 2.45) is 0 Å². The van der Waals surface area contributed by atoms with E-state index in [1.165, 1.54) is 76.8 Å². The number of fused-ring (bicyclic) bond motifs is 5. The molecule has 160 valence electrons. The first-order valence-corrected chi connectivity index (χ1v) is 12.4. The highest BCUT2D eigenvalue weighted by Gasteiger charge is 2.50. The van der Waals surface area contributed by atoms with Crippen LogP contribution in [-0.4, -0.2) is 0 Å². The Balaban J connectivity index is 1.64. The maximum atomic E-state index is 2.50. The highest BCUT2D eigenvalue weighted by molar-refractivity contribution is 6.28. The second kappa shape index (κ2) is 5.98. The molecule has 0 saturated heterocycles. The Labute approximate surface area is 203 Å². The summed E-state index contributed by atoms with van der Waals surface area (Å²) in [4.78, 5) is 0. The normalized spacial score (nSPS) is 17.3. The molecule has 0 saturated carbocycles. The Bertz CT molecular complexity index is 1990. The first-order chi connectivity index (χ1) is 17.4. The van der Waals surface area contributed by atoms with Crippen LogP contribution in [0.4, 0.5) is 0 Å². The van der Waals surface area contributed by atoms with Crippen molar-refractivity contribution in [2.75, 3.05) is 0 Å². The van der Waals surface area contributed by atoms with E-state index in [9.17, 15) is 0 Å². The minimum absolute atomic E-state index is 0.333. The quantitative estimate of drug-likeness (QED) is 0.224. The van der Waals surface area contributed by atoms with E-state index in [1.54, 1.807) is 0 Å². The minimum atomic E-state index is -0.333. The summed E-state index contributed by atoms with van der Waals surface area (Å²) in [5, 5.41) is 8.18. The van der Waals surface area contributed by atoms with Gasteiger partial charge in [-0.1, -0.05) is 115 Å². The van der Waals surface area contributed by atoms with Gasteiger partial charge in [0.25, 0.3) is 0 Å². The molecule has 0 fully saturated rings. The summed E-state index contributed by atoms with van der Waals surface area (Å²) < 4.78 is 0. The highest BCUT2D eigenvalue weighted by atomic mass is 14.5. The lowest BCUT2D eigenvalue weighted by Crippen LogP contribution is -2.31. The molecule has 1 unspecified atom stereocenters. The van der Waals surface area contributed by atoms with E-state index in [0.717, 1.165) is 0 Å². The molecule has 9 rings (SSSR count). The van der Waals surface area contributed by atoms with Gasteiger partial charge in [-0.3, -0.25) is 0 Å². The Morgan fingerprint density at radius 1 is 0.371 bits per heavy atom. The van der Waals surface area contributed by atoms with Crippen LogP contribution in [0.2, 0.25) is 0 Å². The Morgan fingerprint density at radius 3 is 1.91 bits per heavy atom. The molecule has 0 aliphatic heterocycles. The third-order valence-corrected chi connectivity index (χ3v) is 8.59. The van der Waals surface area contributed by atoms with Gasteiger partial charge < -0.3 is 0 Å². The molecule has 0 radical (unpaired) electrons. The van der Waals surface area contributed by atoms with Crippen LogP contribution in [-0.2, 0) is 5.41 Å². The van der Waals surface area contributed by atoms with Crippen molar-refractivity contribution in [3.05, 3.63) is 144 Å². The van der Waals surface area contributed by atoms with E-state index in [1.807, 2.05) is 0 Å². The first kappa shape index (κ1) is 18.0. The maximum Gasteiger partial charge on any atom is 0.0726 e. The lowest BCUT2D eigenvalue weighted by molar-refractivity contribution is 0.775. The smallest absolute Gasteiger partial charge is 0.0622 e. The molecule has 0 aromatic heterocycles. The molecule has 0 spiro atoms. The van der Waals surface area contributed by atoms with Gasteiger partial charge in [-0.2, -0.15) is 0 Å². The summed E-state index contributed by atoms with van der Waals surface area (Å²) in [5.41, 5.74) is 10.7. The second-order valence-corrected chi connectivity index (χ2v) is 10.0. The van der Waals surface area contributed by atoms with Gasteiger partial charge in [-0.05, 0) is 82.9 Å². The van der Waals surface area contributed by atoms with Crippen LogP contribution in [0.15, 0.2) is 121 Å². The molecule has 1 atom stereocenters. The van der Waals surface area contributed by atoms with Crippen molar-refractivity contribution < 1.29 is 0 Å². The van der Waals surface area contributed by atoms with Crippen LogP contribution >= 0.6 is 0 Å². The van der Waals surface area contributed by atoms with Crippen molar-refractivity contribution in [2.45, 2.75) is 5.41 Å². The maximum absolute atomic E-state index is 2.50. The first-order valence-electron chi connectivity index (χ1n) is 12.4. The van der Waals surface area contributed by atoms with Gasteiger partial charge in [-0.25, -0.2) is 0 Å². The van der Waals surface area contributed by atoms with Gasteiger partial charge in [0.2, 0.25) is 0 Å². The fourth-order valence-corrected chi connectivity index (χ4v) is 7.38. The molecule has 7 aromatic carbocycles. The van der Waals surface area contributed by atoms with Gasteiger partial charge in [-0.15, -0.1) is 0 Å². The van der Waals surface area contributed by atoms with Crippen LogP contribution in [0.25, 0.3) is 54.6 Å². The lowest BCUT2D eigenvalue weighted by Gasteiger charge is -2.40. The molecule has 0 heteroatoms. The van der Waals surface area contributed by atoms with E-state index in [-0.39, 0.29) is 5.41 Å². The summed E-state index contributed by atoms with van der Waals surface area (Å²) in [6, 6.07) is 45.7. The number of rotatable bonds is 1. The summed E-state index contributed by atoms with van der Waals surface area (Å²) in [6.07, 6.45) is 0. The fourth-order valence-electron chi connectivity index (χ4n) is 7.38. The molecule has 0 nitrogen and oxygen atoms in total. The third kappa shape index (κ3) is 1.91. The Morgan fingerprint density at radius 2 is 1.03 bits per heavy atom. The van der Waals surface area contributed by atoms with Gasteiger partial charge >= 0.3 is 0 Å². The zero-order chi connectivity index (χ0) is 22.7. The predicted octanol–water partition coefficient (Wildman–Crippen LogP) is 8.93. The molecule has 7 aromatic rings. The monoisotopic (exact) mass is 440 g/mol. The molecule has 0 heterocycles. The van der Waals surface area contributed by atoms with Gasteiger partial charge in [0.1, 0.15) is 0 Å². The minimum Gasteiger partial charge on any atom is -0.0622 e. The predicted molar refractivity (Wildman–Crippen MR) is 146 cm³/mol. The van der Waals surface area contributed by atoms with Crippen LogP contribution < -0.4 is 0 Å². The molecular formula is C35H20. The zero-order valence-corrected chi connectivity index (χ0v) is 19.0. The average molecular weight is 441 g/mol. The molecule has 0 amide bonds. The largest absolute Gasteiger partial charge is 0.0726 e. The second-order valence-electron chi connectivity index (χ2n) is 10.0. The molecule has 2 aliphatic rings. The number of hydrogen-bond donors (Lipinski definition) is 0. The lowest BCUT2D eigenvalue weighted by atomic mass is 9.61. The Kier molecular flexibility index (Phi) is 3.07. The van der Waals surface area contributed by atoms with Crippen LogP contribution in [0.3, 0.4) is 0 Å². The van der Waals surface area contributed by atoms with Crippen molar-refractivity contribution in [1.82, 2.24) is 0 Å². The van der Waals surface area contributed by atoms with Gasteiger partial charge in [0.15, 0.2) is 0 Å².